The van der Waals surface area contributed by atoms with E-state index in [2.05, 4.69) is 35.9 Å². The Morgan fingerprint density at radius 1 is 1.41 bits per heavy atom. The topological polar surface area (TPSA) is 51.0 Å². The Morgan fingerprint density at radius 3 is 3.06 bits per heavy atom. The molecule has 1 aromatic heterocycles. The van der Waals surface area contributed by atoms with Crippen LogP contribution in [0.25, 0.3) is 0 Å². The summed E-state index contributed by atoms with van der Waals surface area (Å²) in [6, 6.07) is 4.88. The van der Waals surface area contributed by atoms with Crippen molar-refractivity contribution in [3.8, 4) is 0 Å². The third-order valence-electron chi connectivity index (χ3n) is 2.26. The summed E-state index contributed by atoms with van der Waals surface area (Å²) in [7, 11) is 0. The van der Waals surface area contributed by atoms with Crippen molar-refractivity contribution in [1.82, 2.24) is 15.5 Å². The lowest BCUT2D eigenvalue weighted by Gasteiger charge is -2.05. The van der Waals surface area contributed by atoms with Gasteiger partial charge >= 0.3 is 0 Å². The van der Waals surface area contributed by atoms with Gasteiger partial charge in [0.1, 0.15) is 5.82 Å². The van der Waals surface area contributed by atoms with Crippen LogP contribution in [0.3, 0.4) is 0 Å². The molecule has 0 saturated heterocycles. The van der Waals surface area contributed by atoms with E-state index in [1.165, 1.54) is 12.5 Å². The number of nitrogens with one attached hydrogen (secondary N) is 1. The zero-order valence-corrected chi connectivity index (χ0v) is 10.6. The number of benzene rings is 1. The van der Waals surface area contributed by atoms with Crippen LogP contribution in [0.1, 0.15) is 11.4 Å². The van der Waals surface area contributed by atoms with Crippen LogP contribution in [0.5, 0.6) is 0 Å². The van der Waals surface area contributed by atoms with Crippen molar-refractivity contribution in [3.05, 3.63) is 46.3 Å². The third-order valence-corrected chi connectivity index (χ3v) is 2.75. The molecule has 2 rings (SSSR count). The van der Waals surface area contributed by atoms with Gasteiger partial charge in [-0.05, 0) is 18.2 Å². The van der Waals surface area contributed by atoms with Crippen molar-refractivity contribution in [2.24, 2.45) is 0 Å². The highest BCUT2D eigenvalue weighted by molar-refractivity contribution is 9.10. The van der Waals surface area contributed by atoms with Gasteiger partial charge in [-0.3, -0.25) is 0 Å². The Labute approximate surface area is 106 Å². The lowest BCUT2D eigenvalue weighted by Crippen LogP contribution is -2.18. The molecule has 0 aliphatic rings. The lowest BCUT2D eigenvalue weighted by atomic mass is 10.2. The first-order valence-corrected chi connectivity index (χ1v) is 5.95. The van der Waals surface area contributed by atoms with Crippen molar-refractivity contribution in [2.45, 2.75) is 13.0 Å². The number of nitrogens with zero attached hydrogens (tertiary/aromatic N) is 2. The molecule has 0 bridgehead atoms. The predicted molar refractivity (Wildman–Crippen MR) is 63.8 cm³/mol. The fourth-order valence-electron chi connectivity index (χ4n) is 1.40. The molecule has 1 N–H and O–H groups in total. The number of halogens is 2. The van der Waals surface area contributed by atoms with Crippen LogP contribution in [0, 0.1) is 5.82 Å². The molecule has 0 spiro atoms. The second kappa shape index (κ2) is 5.88. The SMILES string of the molecule is Fc1ccc(Br)cc1CNCCc1ncon1. The standard InChI is InChI=1S/C11H11BrFN3O/c12-9-1-2-10(13)8(5-9)6-14-4-3-11-15-7-17-16-11/h1-2,5,7,14H,3-4,6H2. The van der Waals surface area contributed by atoms with Crippen LogP contribution in [-0.4, -0.2) is 16.7 Å². The van der Waals surface area contributed by atoms with Crippen molar-refractivity contribution < 1.29 is 8.91 Å². The van der Waals surface area contributed by atoms with Gasteiger partial charge in [0.15, 0.2) is 5.82 Å². The highest BCUT2D eigenvalue weighted by Crippen LogP contribution is 2.15. The molecule has 17 heavy (non-hydrogen) atoms. The van der Waals surface area contributed by atoms with Crippen molar-refractivity contribution in [3.63, 3.8) is 0 Å². The molecule has 0 fully saturated rings. The fourth-order valence-corrected chi connectivity index (χ4v) is 1.81. The van der Waals surface area contributed by atoms with Gasteiger partial charge in [-0.15, -0.1) is 0 Å². The van der Waals surface area contributed by atoms with Gasteiger partial charge < -0.3 is 9.84 Å². The molecule has 0 aliphatic heterocycles. The largest absolute Gasteiger partial charge is 0.343 e. The number of hydrogen-bond donors (Lipinski definition) is 1. The minimum Gasteiger partial charge on any atom is -0.343 e. The molecule has 1 heterocycles. The highest BCUT2D eigenvalue weighted by Gasteiger charge is 2.03. The smallest absolute Gasteiger partial charge is 0.213 e. The minimum atomic E-state index is -0.208. The molecule has 1 aromatic carbocycles. The van der Waals surface area contributed by atoms with E-state index in [0.29, 0.717) is 30.9 Å². The summed E-state index contributed by atoms with van der Waals surface area (Å²) < 4.78 is 18.8. The molecule has 0 unspecified atom stereocenters. The van der Waals surface area contributed by atoms with E-state index >= 15 is 0 Å². The van der Waals surface area contributed by atoms with Gasteiger partial charge in [-0.2, -0.15) is 4.98 Å². The number of hydrogen-bond acceptors (Lipinski definition) is 4. The van der Waals surface area contributed by atoms with Crippen LogP contribution in [0.4, 0.5) is 4.39 Å². The Morgan fingerprint density at radius 2 is 2.29 bits per heavy atom. The molecule has 0 aliphatic carbocycles. The zero-order chi connectivity index (χ0) is 12.1. The summed E-state index contributed by atoms with van der Waals surface area (Å²) in [5.41, 5.74) is 0.632. The highest BCUT2D eigenvalue weighted by atomic mass is 79.9. The molecule has 6 heteroatoms. The maximum atomic E-state index is 13.4. The van der Waals surface area contributed by atoms with Crippen LogP contribution in [-0.2, 0) is 13.0 Å². The average Bonchev–Trinajstić information content (AvgIpc) is 2.82. The summed E-state index contributed by atoms with van der Waals surface area (Å²) >= 11 is 3.31. The van der Waals surface area contributed by atoms with Crippen LogP contribution in [0.2, 0.25) is 0 Å². The van der Waals surface area contributed by atoms with Crippen molar-refractivity contribution >= 4 is 15.9 Å². The second-order valence-corrected chi connectivity index (χ2v) is 4.43. The number of aromatic nitrogens is 2. The van der Waals surface area contributed by atoms with E-state index in [4.69, 9.17) is 0 Å². The molecule has 90 valence electrons. The molecule has 4 nitrogen and oxygen atoms in total. The van der Waals surface area contributed by atoms with Gasteiger partial charge in [0.05, 0.1) is 0 Å². The monoisotopic (exact) mass is 299 g/mol. The molecular formula is C11H11BrFN3O. The predicted octanol–water partition coefficient (Wildman–Crippen LogP) is 2.30. The fraction of sp³-hybridized carbons (Fsp3) is 0.273. The Hall–Kier alpha value is -1.27. The third kappa shape index (κ3) is 3.61. The summed E-state index contributed by atoms with van der Waals surface area (Å²) in [5, 5.41) is 6.81. The van der Waals surface area contributed by atoms with E-state index in [-0.39, 0.29) is 5.82 Å². The van der Waals surface area contributed by atoms with Crippen LogP contribution < -0.4 is 5.32 Å². The minimum absolute atomic E-state index is 0.208. The van der Waals surface area contributed by atoms with Gasteiger partial charge in [0, 0.05) is 29.5 Å². The molecule has 0 radical (unpaired) electrons. The zero-order valence-electron chi connectivity index (χ0n) is 8.99. The molecular weight excluding hydrogens is 289 g/mol. The molecule has 0 saturated carbocycles. The number of rotatable bonds is 5. The Kier molecular flexibility index (Phi) is 4.22. The molecule has 2 aromatic rings. The molecule has 0 atom stereocenters. The Balaban J connectivity index is 1.80. The first-order valence-electron chi connectivity index (χ1n) is 5.15. The van der Waals surface area contributed by atoms with E-state index in [1.807, 2.05) is 0 Å². The second-order valence-electron chi connectivity index (χ2n) is 3.51. The van der Waals surface area contributed by atoms with E-state index in [0.717, 1.165) is 4.47 Å². The van der Waals surface area contributed by atoms with E-state index < -0.39 is 0 Å². The first kappa shape index (κ1) is 12.2. The van der Waals surface area contributed by atoms with Crippen molar-refractivity contribution in [2.75, 3.05) is 6.54 Å². The average molecular weight is 300 g/mol. The van der Waals surface area contributed by atoms with E-state index in [9.17, 15) is 4.39 Å². The molecule has 0 amide bonds. The summed E-state index contributed by atoms with van der Waals surface area (Å²) in [6.07, 6.45) is 1.95. The Bertz CT molecular complexity index is 476. The quantitative estimate of drug-likeness (QED) is 0.861. The normalized spacial score (nSPS) is 10.7. The van der Waals surface area contributed by atoms with E-state index in [1.54, 1.807) is 12.1 Å². The summed E-state index contributed by atoms with van der Waals surface area (Å²) in [5.74, 6) is 0.437. The summed E-state index contributed by atoms with van der Waals surface area (Å²) in [6.45, 7) is 1.15. The summed E-state index contributed by atoms with van der Waals surface area (Å²) in [4.78, 5) is 3.89. The maximum Gasteiger partial charge on any atom is 0.213 e. The van der Waals surface area contributed by atoms with Crippen LogP contribution in [0.15, 0.2) is 33.6 Å². The van der Waals surface area contributed by atoms with Gasteiger partial charge in [0.2, 0.25) is 6.39 Å². The van der Waals surface area contributed by atoms with Gasteiger partial charge in [-0.25, -0.2) is 4.39 Å². The van der Waals surface area contributed by atoms with Gasteiger partial charge in [-0.1, -0.05) is 21.1 Å². The lowest BCUT2D eigenvalue weighted by molar-refractivity contribution is 0.409. The maximum absolute atomic E-state index is 13.4. The first-order chi connectivity index (χ1) is 8.25. The van der Waals surface area contributed by atoms with Crippen molar-refractivity contribution in [1.29, 1.82) is 0 Å². The van der Waals surface area contributed by atoms with Crippen LogP contribution >= 0.6 is 15.9 Å². The van der Waals surface area contributed by atoms with Gasteiger partial charge in [0.25, 0.3) is 0 Å².